The molecule has 2 heterocycles. The van der Waals surface area contributed by atoms with E-state index in [1.807, 2.05) is 49.4 Å². The number of anilines is 1. The van der Waals surface area contributed by atoms with Crippen molar-refractivity contribution in [1.29, 1.82) is 0 Å². The normalized spacial score (nSPS) is 13.8. The minimum atomic E-state index is -0.254. The molecule has 1 aliphatic rings. The summed E-state index contributed by atoms with van der Waals surface area (Å²) in [6.07, 6.45) is 1.44. The highest BCUT2D eigenvalue weighted by molar-refractivity contribution is 6.30. The quantitative estimate of drug-likeness (QED) is 0.555. The lowest BCUT2D eigenvalue weighted by Gasteiger charge is -2.37. The Labute approximate surface area is 198 Å². The Morgan fingerprint density at radius 1 is 1.06 bits per heavy atom. The van der Waals surface area contributed by atoms with Crippen LogP contribution in [-0.4, -0.2) is 53.1 Å². The second-order valence-corrected chi connectivity index (χ2v) is 8.43. The van der Waals surface area contributed by atoms with Gasteiger partial charge in [-0.2, -0.15) is 0 Å². The molecule has 0 atom stereocenters. The largest absolute Gasteiger partial charge is 0.494 e. The van der Waals surface area contributed by atoms with Crippen molar-refractivity contribution in [3.63, 3.8) is 0 Å². The van der Waals surface area contributed by atoms with Crippen LogP contribution in [-0.2, 0) is 11.3 Å². The SMILES string of the molecule is CCOc1ccc(-c2cc(=O)n(CC(=O)N3CCN(c4cc(Cl)ccc4C)CC3)cn2)cc1. The Balaban J connectivity index is 1.38. The van der Waals surface area contributed by atoms with E-state index in [9.17, 15) is 9.59 Å². The highest BCUT2D eigenvalue weighted by atomic mass is 35.5. The number of ether oxygens (including phenoxy) is 1. The molecule has 8 heteroatoms. The number of aryl methyl sites for hydroxylation is 1. The average molecular weight is 467 g/mol. The van der Waals surface area contributed by atoms with Crippen LogP contribution in [0.1, 0.15) is 12.5 Å². The van der Waals surface area contributed by atoms with Crippen molar-refractivity contribution in [2.75, 3.05) is 37.7 Å². The number of halogens is 1. The van der Waals surface area contributed by atoms with Crippen molar-refractivity contribution in [3.8, 4) is 17.0 Å². The first-order chi connectivity index (χ1) is 15.9. The minimum Gasteiger partial charge on any atom is -0.494 e. The van der Waals surface area contributed by atoms with E-state index < -0.39 is 0 Å². The number of benzene rings is 2. The summed E-state index contributed by atoms with van der Waals surface area (Å²) in [6.45, 7) is 7.18. The van der Waals surface area contributed by atoms with Gasteiger partial charge in [-0.05, 0) is 55.8 Å². The molecule has 2 aromatic carbocycles. The lowest BCUT2D eigenvalue weighted by molar-refractivity contribution is -0.132. The monoisotopic (exact) mass is 466 g/mol. The van der Waals surface area contributed by atoms with E-state index in [0.29, 0.717) is 30.4 Å². The van der Waals surface area contributed by atoms with Crippen LogP contribution in [0, 0.1) is 6.92 Å². The Kier molecular flexibility index (Phi) is 6.99. The zero-order chi connectivity index (χ0) is 23.4. The van der Waals surface area contributed by atoms with Crippen molar-refractivity contribution >= 4 is 23.2 Å². The number of carbonyl (C=O) groups is 1. The Morgan fingerprint density at radius 3 is 2.45 bits per heavy atom. The predicted molar refractivity (Wildman–Crippen MR) is 130 cm³/mol. The van der Waals surface area contributed by atoms with Gasteiger partial charge in [0.15, 0.2) is 0 Å². The third-order valence-corrected chi connectivity index (χ3v) is 6.03. The van der Waals surface area contributed by atoms with Gasteiger partial charge in [-0.1, -0.05) is 17.7 Å². The molecular formula is C25H27ClN4O3. The molecule has 3 aromatic rings. The summed E-state index contributed by atoms with van der Waals surface area (Å²) in [5, 5.41) is 0.703. The summed E-state index contributed by atoms with van der Waals surface area (Å²) in [5.41, 5.74) is 3.39. The van der Waals surface area contributed by atoms with Crippen molar-refractivity contribution < 1.29 is 9.53 Å². The maximum Gasteiger partial charge on any atom is 0.254 e. The van der Waals surface area contributed by atoms with Gasteiger partial charge in [-0.15, -0.1) is 0 Å². The van der Waals surface area contributed by atoms with Gasteiger partial charge >= 0.3 is 0 Å². The van der Waals surface area contributed by atoms with Gasteiger partial charge in [-0.3, -0.25) is 14.2 Å². The number of carbonyl (C=O) groups excluding carboxylic acids is 1. The Hall–Kier alpha value is -3.32. The first-order valence-electron chi connectivity index (χ1n) is 11.0. The molecule has 1 aromatic heterocycles. The summed E-state index contributed by atoms with van der Waals surface area (Å²) in [6, 6.07) is 14.7. The lowest BCUT2D eigenvalue weighted by atomic mass is 10.1. The molecule has 0 aliphatic carbocycles. The minimum absolute atomic E-state index is 0.0222. The van der Waals surface area contributed by atoms with Crippen LogP contribution >= 0.6 is 11.6 Å². The summed E-state index contributed by atoms with van der Waals surface area (Å²) < 4.78 is 6.80. The highest BCUT2D eigenvalue weighted by Crippen LogP contribution is 2.25. The van der Waals surface area contributed by atoms with E-state index in [0.717, 1.165) is 35.7 Å². The topological polar surface area (TPSA) is 67.7 Å². The number of aromatic nitrogens is 2. The molecule has 0 bridgehead atoms. The van der Waals surface area contributed by atoms with E-state index in [-0.39, 0.29) is 18.0 Å². The van der Waals surface area contributed by atoms with Crippen LogP contribution < -0.4 is 15.2 Å². The van der Waals surface area contributed by atoms with E-state index >= 15 is 0 Å². The second kappa shape index (κ2) is 10.1. The number of piperazine rings is 1. The van der Waals surface area contributed by atoms with E-state index in [4.69, 9.17) is 16.3 Å². The molecule has 1 amide bonds. The smallest absolute Gasteiger partial charge is 0.254 e. The van der Waals surface area contributed by atoms with Crippen LogP contribution in [0.2, 0.25) is 5.02 Å². The van der Waals surface area contributed by atoms with Crippen LogP contribution in [0.3, 0.4) is 0 Å². The molecule has 1 aliphatic heterocycles. The predicted octanol–water partition coefficient (Wildman–Crippen LogP) is 3.62. The van der Waals surface area contributed by atoms with E-state index in [1.54, 1.807) is 4.90 Å². The van der Waals surface area contributed by atoms with Gasteiger partial charge in [-0.25, -0.2) is 4.98 Å². The molecule has 1 fully saturated rings. The molecule has 7 nitrogen and oxygen atoms in total. The highest BCUT2D eigenvalue weighted by Gasteiger charge is 2.22. The zero-order valence-corrected chi connectivity index (χ0v) is 19.6. The Morgan fingerprint density at radius 2 is 1.79 bits per heavy atom. The third kappa shape index (κ3) is 5.37. The molecule has 0 N–H and O–H groups in total. The van der Waals surface area contributed by atoms with Gasteiger partial charge in [0.1, 0.15) is 12.3 Å². The van der Waals surface area contributed by atoms with Crippen molar-refractivity contribution in [1.82, 2.24) is 14.5 Å². The fourth-order valence-corrected chi connectivity index (χ4v) is 4.12. The maximum absolute atomic E-state index is 12.8. The second-order valence-electron chi connectivity index (χ2n) is 8.00. The number of amides is 1. The Bertz CT molecular complexity index is 1190. The average Bonchev–Trinajstić information content (AvgIpc) is 2.83. The van der Waals surface area contributed by atoms with Gasteiger partial charge in [0.05, 0.1) is 18.6 Å². The molecule has 0 saturated carbocycles. The first kappa shape index (κ1) is 22.9. The van der Waals surface area contributed by atoms with Crippen LogP contribution in [0.5, 0.6) is 5.75 Å². The molecular weight excluding hydrogens is 440 g/mol. The van der Waals surface area contributed by atoms with E-state index in [2.05, 4.69) is 16.8 Å². The molecule has 1 saturated heterocycles. The number of nitrogens with zero attached hydrogens (tertiary/aromatic N) is 4. The van der Waals surface area contributed by atoms with Crippen molar-refractivity contribution in [3.05, 3.63) is 75.8 Å². The summed E-state index contributed by atoms with van der Waals surface area (Å²) in [4.78, 5) is 33.9. The summed E-state index contributed by atoms with van der Waals surface area (Å²) in [7, 11) is 0. The molecule has 4 rings (SSSR count). The molecule has 172 valence electrons. The lowest BCUT2D eigenvalue weighted by Crippen LogP contribution is -2.50. The zero-order valence-electron chi connectivity index (χ0n) is 18.8. The molecule has 33 heavy (non-hydrogen) atoms. The summed E-state index contributed by atoms with van der Waals surface area (Å²) in [5.74, 6) is 0.681. The van der Waals surface area contributed by atoms with Crippen molar-refractivity contribution in [2.24, 2.45) is 0 Å². The van der Waals surface area contributed by atoms with Gasteiger partial charge in [0.2, 0.25) is 5.91 Å². The summed E-state index contributed by atoms with van der Waals surface area (Å²) >= 11 is 6.16. The number of rotatable bonds is 6. The van der Waals surface area contributed by atoms with Gasteiger partial charge in [0, 0.05) is 48.5 Å². The van der Waals surface area contributed by atoms with Crippen molar-refractivity contribution in [2.45, 2.75) is 20.4 Å². The fourth-order valence-electron chi connectivity index (χ4n) is 3.96. The van der Waals surface area contributed by atoms with Crippen LogP contribution in [0.4, 0.5) is 5.69 Å². The van der Waals surface area contributed by atoms with Gasteiger partial charge < -0.3 is 14.5 Å². The standard InChI is InChI=1S/C25H27ClN4O3/c1-3-33-21-8-5-19(6-9-21)22-15-24(31)30(17-27-22)16-25(32)29-12-10-28(11-13-29)23-14-20(26)7-4-18(23)2/h4-9,14-15,17H,3,10-13,16H2,1-2H3. The maximum atomic E-state index is 12.8. The van der Waals surface area contributed by atoms with Gasteiger partial charge in [0.25, 0.3) is 5.56 Å². The van der Waals surface area contributed by atoms with E-state index in [1.165, 1.54) is 17.0 Å². The fraction of sp³-hybridized carbons (Fsp3) is 0.320. The number of hydrogen-bond acceptors (Lipinski definition) is 5. The molecule has 0 spiro atoms. The van der Waals surface area contributed by atoms with Crippen LogP contribution in [0.25, 0.3) is 11.3 Å². The molecule has 0 radical (unpaired) electrons. The van der Waals surface area contributed by atoms with Crippen LogP contribution in [0.15, 0.2) is 59.7 Å². The first-order valence-corrected chi connectivity index (χ1v) is 11.4. The molecule has 0 unspecified atom stereocenters. The number of hydrogen-bond donors (Lipinski definition) is 0. The third-order valence-electron chi connectivity index (χ3n) is 5.79.